The number of aryl methyl sites for hydroxylation is 1. The standard InChI is InChI=1S/C25H30N2O5S/c1-2-3-9-19-13-15-20(16-14-19)22(28)18-32-24(29)12-5-4-8-17-26-25-21-10-6-7-11-23(21)33(30,31)27-25/h6-7,10-11,13-16H,2-5,8-9,12,17-18H2,1H3,(H,26,27). The van der Waals surface area contributed by atoms with Crippen molar-refractivity contribution < 1.29 is 22.7 Å². The average Bonchev–Trinajstić information content (AvgIpc) is 3.08. The predicted octanol–water partition coefficient (Wildman–Crippen LogP) is 4.05. The highest BCUT2D eigenvalue weighted by Crippen LogP contribution is 2.22. The van der Waals surface area contributed by atoms with Gasteiger partial charge in [-0.05, 0) is 43.4 Å². The second-order valence-corrected chi connectivity index (χ2v) is 9.68. The SMILES string of the molecule is CCCCc1ccc(C(=O)COC(=O)CCCCCN=C2NS(=O)(=O)c3ccccc32)cc1. The van der Waals surface area contributed by atoms with Crippen molar-refractivity contribution in [1.82, 2.24) is 4.72 Å². The number of nitrogens with one attached hydrogen (secondary N) is 1. The molecule has 1 N–H and O–H groups in total. The molecule has 0 radical (unpaired) electrons. The van der Waals surface area contributed by atoms with E-state index >= 15 is 0 Å². The first-order valence-electron chi connectivity index (χ1n) is 11.3. The van der Waals surface area contributed by atoms with Crippen molar-refractivity contribution in [1.29, 1.82) is 0 Å². The van der Waals surface area contributed by atoms with E-state index in [0.717, 1.165) is 25.7 Å². The molecule has 33 heavy (non-hydrogen) atoms. The van der Waals surface area contributed by atoms with E-state index in [4.69, 9.17) is 4.74 Å². The summed E-state index contributed by atoms with van der Waals surface area (Å²) in [6.07, 6.45) is 5.54. The number of unbranched alkanes of at least 4 members (excludes halogenated alkanes) is 3. The highest BCUT2D eigenvalue weighted by Gasteiger charge is 2.29. The van der Waals surface area contributed by atoms with Gasteiger partial charge < -0.3 is 4.74 Å². The van der Waals surface area contributed by atoms with Crippen LogP contribution in [0.4, 0.5) is 0 Å². The van der Waals surface area contributed by atoms with E-state index in [-0.39, 0.29) is 23.7 Å². The van der Waals surface area contributed by atoms with E-state index in [9.17, 15) is 18.0 Å². The Morgan fingerprint density at radius 1 is 0.970 bits per heavy atom. The van der Waals surface area contributed by atoms with Gasteiger partial charge in [0.25, 0.3) is 10.0 Å². The Labute approximate surface area is 195 Å². The number of rotatable bonds is 12. The number of ketones is 1. The summed E-state index contributed by atoms with van der Waals surface area (Å²) >= 11 is 0. The first-order valence-corrected chi connectivity index (χ1v) is 12.8. The minimum absolute atomic E-state index is 0.208. The number of carbonyl (C=O) groups is 2. The number of Topliss-reactive ketones (excluding diaryl/α,β-unsaturated/α-hetero) is 1. The van der Waals surface area contributed by atoms with Gasteiger partial charge in [0, 0.05) is 24.1 Å². The van der Waals surface area contributed by atoms with Crippen LogP contribution in [0.15, 0.2) is 58.4 Å². The number of ether oxygens (including phenoxy) is 1. The Morgan fingerprint density at radius 2 is 1.73 bits per heavy atom. The van der Waals surface area contributed by atoms with Gasteiger partial charge in [-0.1, -0.05) is 56.2 Å². The molecule has 2 aromatic rings. The van der Waals surface area contributed by atoms with Crippen molar-refractivity contribution in [2.45, 2.75) is 56.8 Å². The van der Waals surface area contributed by atoms with E-state index in [1.54, 1.807) is 36.4 Å². The Hall–Kier alpha value is -3.00. The molecule has 3 rings (SSSR count). The quantitative estimate of drug-likeness (QED) is 0.286. The molecule has 0 saturated carbocycles. The molecule has 0 aromatic heterocycles. The summed E-state index contributed by atoms with van der Waals surface area (Å²) in [5.41, 5.74) is 2.33. The van der Waals surface area contributed by atoms with Gasteiger partial charge in [0.1, 0.15) is 5.84 Å². The van der Waals surface area contributed by atoms with Gasteiger partial charge in [0.05, 0.1) is 4.90 Å². The number of nitrogens with zero attached hydrogens (tertiary/aromatic N) is 1. The highest BCUT2D eigenvalue weighted by molar-refractivity contribution is 7.90. The van der Waals surface area contributed by atoms with Crippen LogP contribution in [0.1, 0.15) is 66.9 Å². The van der Waals surface area contributed by atoms with Crippen molar-refractivity contribution in [3.63, 3.8) is 0 Å². The molecule has 0 fully saturated rings. The molecule has 0 spiro atoms. The maximum atomic E-state index is 12.2. The molecule has 1 aliphatic rings. The Balaban J connectivity index is 1.33. The Bertz CT molecular complexity index is 1110. The summed E-state index contributed by atoms with van der Waals surface area (Å²) in [5, 5.41) is 0. The van der Waals surface area contributed by atoms with Gasteiger partial charge in [0.2, 0.25) is 0 Å². The lowest BCUT2D eigenvalue weighted by atomic mass is 10.0. The lowest BCUT2D eigenvalue weighted by Gasteiger charge is -2.06. The fourth-order valence-electron chi connectivity index (χ4n) is 3.54. The zero-order valence-corrected chi connectivity index (χ0v) is 19.7. The third-order valence-corrected chi connectivity index (χ3v) is 6.83. The topological polar surface area (TPSA) is 102 Å². The third kappa shape index (κ3) is 6.99. The minimum atomic E-state index is -3.52. The summed E-state index contributed by atoms with van der Waals surface area (Å²) < 4.78 is 31.7. The molecule has 1 heterocycles. The molecule has 0 atom stereocenters. The molecule has 0 unspecified atom stereocenters. The molecule has 0 aliphatic carbocycles. The van der Waals surface area contributed by atoms with Gasteiger partial charge in [-0.15, -0.1) is 0 Å². The molecule has 0 saturated heterocycles. The number of esters is 1. The lowest BCUT2D eigenvalue weighted by Crippen LogP contribution is -2.22. The normalized spacial score (nSPS) is 15.1. The molecule has 7 nitrogen and oxygen atoms in total. The van der Waals surface area contributed by atoms with Gasteiger partial charge in [-0.25, -0.2) is 8.42 Å². The third-order valence-electron chi connectivity index (χ3n) is 5.43. The van der Waals surface area contributed by atoms with E-state index in [1.807, 2.05) is 12.1 Å². The molecule has 2 aromatic carbocycles. The summed E-state index contributed by atoms with van der Waals surface area (Å²) in [6.45, 7) is 2.34. The van der Waals surface area contributed by atoms with E-state index in [2.05, 4.69) is 16.6 Å². The zero-order valence-electron chi connectivity index (χ0n) is 18.9. The van der Waals surface area contributed by atoms with Crippen molar-refractivity contribution in [2.75, 3.05) is 13.2 Å². The largest absolute Gasteiger partial charge is 0.457 e. The van der Waals surface area contributed by atoms with E-state index in [1.165, 1.54) is 5.56 Å². The van der Waals surface area contributed by atoms with Gasteiger partial charge in [0.15, 0.2) is 12.4 Å². The number of aliphatic imine (C=N–C) groups is 1. The molecular weight excluding hydrogens is 440 g/mol. The number of benzene rings is 2. The first kappa shape index (κ1) is 24.6. The fourth-order valence-corrected chi connectivity index (χ4v) is 4.79. The van der Waals surface area contributed by atoms with Crippen LogP contribution in [0.5, 0.6) is 0 Å². The average molecular weight is 471 g/mol. The van der Waals surface area contributed by atoms with Crippen LogP contribution in [0.2, 0.25) is 0 Å². The second-order valence-electron chi connectivity index (χ2n) is 8.03. The second kappa shape index (κ2) is 11.7. The van der Waals surface area contributed by atoms with E-state index in [0.29, 0.717) is 36.3 Å². The van der Waals surface area contributed by atoms with Crippen LogP contribution in [0.25, 0.3) is 0 Å². The van der Waals surface area contributed by atoms with Crippen LogP contribution in [-0.4, -0.2) is 39.2 Å². The number of fused-ring (bicyclic) bond motifs is 1. The first-order chi connectivity index (χ1) is 15.9. The van der Waals surface area contributed by atoms with Crippen LogP contribution < -0.4 is 4.72 Å². The highest BCUT2D eigenvalue weighted by atomic mass is 32.2. The summed E-state index contributed by atoms with van der Waals surface area (Å²) in [4.78, 5) is 28.7. The predicted molar refractivity (Wildman–Crippen MR) is 127 cm³/mol. The minimum Gasteiger partial charge on any atom is -0.457 e. The molecule has 0 amide bonds. The van der Waals surface area contributed by atoms with Crippen molar-refractivity contribution in [2.24, 2.45) is 4.99 Å². The molecule has 1 aliphatic heterocycles. The number of carbonyl (C=O) groups excluding carboxylic acids is 2. The number of amidine groups is 1. The molecular formula is C25H30N2O5S. The molecule has 0 bridgehead atoms. The smallest absolute Gasteiger partial charge is 0.306 e. The van der Waals surface area contributed by atoms with Gasteiger partial charge in [-0.2, -0.15) is 0 Å². The van der Waals surface area contributed by atoms with E-state index < -0.39 is 16.0 Å². The zero-order chi connectivity index (χ0) is 23.7. The summed E-state index contributed by atoms with van der Waals surface area (Å²) in [5.74, 6) is -0.242. The van der Waals surface area contributed by atoms with Crippen molar-refractivity contribution in [3.8, 4) is 0 Å². The number of sulfonamides is 1. The van der Waals surface area contributed by atoms with Crippen LogP contribution >= 0.6 is 0 Å². The Morgan fingerprint density at radius 3 is 2.48 bits per heavy atom. The summed E-state index contributed by atoms with van der Waals surface area (Å²) in [7, 11) is -3.52. The van der Waals surface area contributed by atoms with Gasteiger partial charge >= 0.3 is 5.97 Å². The monoisotopic (exact) mass is 470 g/mol. The van der Waals surface area contributed by atoms with Crippen LogP contribution in [-0.2, 0) is 26.0 Å². The van der Waals surface area contributed by atoms with Gasteiger partial charge in [-0.3, -0.25) is 19.3 Å². The lowest BCUT2D eigenvalue weighted by molar-refractivity contribution is -0.142. The Kier molecular flexibility index (Phi) is 8.77. The summed E-state index contributed by atoms with van der Waals surface area (Å²) in [6, 6.07) is 14.2. The molecule has 8 heteroatoms. The number of hydrogen-bond donors (Lipinski definition) is 1. The maximum absolute atomic E-state index is 12.2. The van der Waals surface area contributed by atoms with Crippen LogP contribution in [0.3, 0.4) is 0 Å². The van der Waals surface area contributed by atoms with Crippen LogP contribution in [0, 0.1) is 0 Å². The maximum Gasteiger partial charge on any atom is 0.306 e. The van der Waals surface area contributed by atoms with Crippen molar-refractivity contribution >= 4 is 27.6 Å². The van der Waals surface area contributed by atoms with Crippen molar-refractivity contribution in [3.05, 3.63) is 65.2 Å². The molecule has 176 valence electrons. The fraction of sp³-hybridized carbons (Fsp3) is 0.400. The number of hydrogen-bond acceptors (Lipinski definition) is 6.